The van der Waals surface area contributed by atoms with E-state index in [1.165, 1.54) is 0 Å². The van der Waals surface area contributed by atoms with Crippen LogP contribution < -0.4 is 11.1 Å². The third-order valence-corrected chi connectivity index (χ3v) is 3.54. The molecule has 1 atom stereocenters. The minimum Gasteiger partial charge on any atom is -0.358 e. The summed E-state index contributed by atoms with van der Waals surface area (Å²) in [5.41, 5.74) is 5.63. The Morgan fingerprint density at radius 3 is 2.47 bits per heavy atom. The minimum absolute atomic E-state index is 0.104. The maximum atomic E-state index is 11.3. The van der Waals surface area contributed by atoms with E-state index in [-0.39, 0.29) is 5.91 Å². The zero-order valence-electron chi connectivity index (χ0n) is 11.1. The van der Waals surface area contributed by atoms with Gasteiger partial charge in [-0.2, -0.15) is 0 Å². The smallest absolute Gasteiger partial charge is 0.233 e. The van der Waals surface area contributed by atoms with Crippen LogP contribution in [0.1, 0.15) is 19.8 Å². The lowest BCUT2D eigenvalue weighted by Crippen LogP contribution is -2.52. The van der Waals surface area contributed by atoms with E-state index in [1.54, 1.807) is 7.05 Å². The molecular weight excluding hydrogens is 216 g/mol. The first-order valence-electron chi connectivity index (χ1n) is 6.58. The fourth-order valence-corrected chi connectivity index (χ4v) is 2.41. The molecule has 0 radical (unpaired) electrons. The van der Waals surface area contributed by atoms with Crippen molar-refractivity contribution >= 4 is 5.91 Å². The molecule has 5 nitrogen and oxygen atoms in total. The Hall–Kier alpha value is -0.650. The molecule has 3 N–H and O–H groups in total. The van der Waals surface area contributed by atoms with Crippen LogP contribution in [0.15, 0.2) is 0 Å². The van der Waals surface area contributed by atoms with Gasteiger partial charge in [-0.15, -0.1) is 0 Å². The molecular formula is C12H26N4O. The fraction of sp³-hybridized carbons (Fsp3) is 0.917. The van der Waals surface area contributed by atoms with Crippen LogP contribution in [0, 0.1) is 0 Å². The van der Waals surface area contributed by atoms with Crippen LogP contribution in [0.25, 0.3) is 0 Å². The van der Waals surface area contributed by atoms with Gasteiger partial charge in [0.15, 0.2) is 0 Å². The second-order valence-electron chi connectivity index (χ2n) is 4.62. The summed E-state index contributed by atoms with van der Waals surface area (Å²) >= 11 is 0. The average molecular weight is 242 g/mol. The molecule has 1 unspecified atom stereocenters. The van der Waals surface area contributed by atoms with Crippen LogP contribution >= 0.6 is 0 Å². The number of hydrogen-bond acceptors (Lipinski definition) is 4. The van der Waals surface area contributed by atoms with Crippen molar-refractivity contribution in [3.63, 3.8) is 0 Å². The monoisotopic (exact) mass is 242 g/mol. The lowest BCUT2D eigenvalue weighted by Gasteiger charge is -2.38. The first-order chi connectivity index (χ1) is 8.21. The highest BCUT2D eigenvalue weighted by molar-refractivity contribution is 5.77. The van der Waals surface area contributed by atoms with Gasteiger partial charge in [0.1, 0.15) is 0 Å². The van der Waals surface area contributed by atoms with E-state index in [0.717, 1.165) is 45.6 Å². The highest BCUT2D eigenvalue weighted by atomic mass is 16.1. The number of piperazine rings is 1. The predicted molar refractivity (Wildman–Crippen MR) is 69.8 cm³/mol. The molecule has 1 aliphatic rings. The van der Waals surface area contributed by atoms with E-state index in [2.05, 4.69) is 22.0 Å². The number of nitrogens with two attached hydrogens (primary N) is 1. The molecule has 1 amide bonds. The van der Waals surface area contributed by atoms with Crippen molar-refractivity contribution in [3.8, 4) is 0 Å². The number of amides is 1. The lowest BCUT2D eigenvalue weighted by atomic mass is 10.1. The average Bonchev–Trinajstić information content (AvgIpc) is 2.37. The Morgan fingerprint density at radius 2 is 2.00 bits per heavy atom. The lowest BCUT2D eigenvalue weighted by molar-refractivity contribution is -0.122. The summed E-state index contributed by atoms with van der Waals surface area (Å²) in [6.45, 7) is 7.57. The van der Waals surface area contributed by atoms with Crippen molar-refractivity contribution in [2.75, 3.05) is 46.3 Å². The van der Waals surface area contributed by atoms with Gasteiger partial charge >= 0.3 is 0 Å². The van der Waals surface area contributed by atoms with Gasteiger partial charge in [0, 0.05) is 39.3 Å². The molecule has 100 valence electrons. The Balaban J connectivity index is 2.31. The SMILES string of the molecule is CCC(CCN)N1CCN(CC(=O)NC)CC1. The molecule has 5 heteroatoms. The van der Waals surface area contributed by atoms with Gasteiger partial charge in [-0.05, 0) is 19.4 Å². The van der Waals surface area contributed by atoms with Gasteiger partial charge in [-0.1, -0.05) is 6.92 Å². The molecule has 1 saturated heterocycles. The molecule has 0 bridgehead atoms. The van der Waals surface area contributed by atoms with E-state index < -0.39 is 0 Å². The zero-order valence-corrected chi connectivity index (χ0v) is 11.1. The first-order valence-corrected chi connectivity index (χ1v) is 6.58. The number of nitrogens with one attached hydrogen (secondary N) is 1. The van der Waals surface area contributed by atoms with Crippen molar-refractivity contribution in [3.05, 3.63) is 0 Å². The van der Waals surface area contributed by atoms with E-state index in [0.29, 0.717) is 12.6 Å². The van der Waals surface area contributed by atoms with Crippen LogP contribution in [-0.2, 0) is 4.79 Å². The Labute approximate surface area is 104 Å². The molecule has 0 spiro atoms. The van der Waals surface area contributed by atoms with Crippen molar-refractivity contribution in [2.24, 2.45) is 5.73 Å². The molecule has 0 aromatic rings. The molecule has 0 aromatic heterocycles. The second-order valence-corrected chi connectivity index (χ2v) is 4.62. The maximum absolute atomic E-state index is 11.3. The Kier molecular flexibility index (Phi) is 6.47. The third kappa shape index (κ3) is 4.61. The normalized spacial score (nSPS) is 20.2. The minimum atomic E-state index is 0.104. The van der Waals surface area contributed by atoms with Crippen molar-refractivity contribution in [1.29, 1.82) is 0 Å². The maximum Gasteiger partial charge on any atom is 0.233 e. The number of carbonyl (C=O) groups is 1. The van der Waals surface area contributed by atoms with Crippen LogP contribution in [0.3, 0.4) is 0 Å². The van der Waals surface area contributed by atoms with Gasteiger partial charge in [-0.25, -0.2) is 0 Å². The molecule has 0 aliphatic carbocycles. The molecule has 0 saturated carbocycles. The van der Waals surface area contributed by atoms with Gasteiger partial charge in [-0.3, -0.25) is 14.6 Å². The van der Waals surface area contributed by atoms with Gasteiger partial charge < -0.3 is 11.1 Å². The van der Waals surface area contributed by atoms with Crippen LogP contribution in [-0.4, -0.2) is 68.1 Å². The summed E-state index contributed by atoms with van der Waals surface area (Å²) in [6.07, 6.45) is 2.23. The quantitative estimate of drug-likeness (QED) is 0.658. The molecule has 1 aliphatic heterocycles. The first kappa shape index (κ1) is 14.4. The molecule has 0 aromatic carbocycles. The Morgan fingerprint density at radius 1 is 1.35 bits per heavy atom. The summed E-state index contributed by atoms with van der Waals surface area (Å²) < 4.78 is 0. The van der Waals surface area contributed by atoms with Crippen molar-refractivity contribution in [1.82, 2.24) is 15.1 Å². The summed E-state index contributed by atoms with van der Waals surface area (Å²) in [5.74, 6) is 0.104. The number of nitrogens with zero attached hydrogens (tertiary/aromatic N) is 2. The standard InChI is InChI=1S/C12H26N4O/c1-3-11(4-5-13)16-8-6-15(7-9-16)10-12(17)14-2/h11H,3-10,13H2,1-2H3,(H,14,17). The van der Waals surface area contributed by atoms with Crippen LogP contribution in [0.2, 0.25) is 0 Å². The number of carbonyl (C=O) groups excluding carboxylic acids is 1. The summed E-state index contributed by atoms with van der Waals surface area (Å²) in [5, 5.41) is 2.67. The van der Waals surface area contributed by atoms with E-state index in [1.807, 2.05) is 0 Å². The van der Waals surface area contributed by atoms with Crippen molar-refractivity contribution < 1.29 is 4.79 Å². The molecule has 1 rings (SSSR count). The third-order valence-electron chi connectivity index (χ3n) is 3.54. The number of hydrogen-bond donors (Lipinski definition) is 2. The highest BCUT2D eigenvalue weighted by Crippen LogP contribution is 2.11. The zero-order chi connectivity index (χ0) is 12.7. The van der Waals surface area contributed by atoms with Crippen LogP contribution in [0.5, 0.6) is 0 Å². The fourth-order valence-electron chi connectivity index (χ4n) is 2.41. The summed E-state index contributed by atoms with van der Waals surface area (Å²) in [7, 11) is 1.69. The van der Waals surface area contributed by atoms with E-state index >= 15 is 0 Å². The largest absolute Gasteiger partial charge is 0.358 e. The second kappa shape index (κ2) is 7.63. The van der Waals surface area contributed by atoms with Crippen molar-refractivity contribution in [2.45, 2.75) is 25.8 Å². The van der Waals surface area contributed by atoms with Gasteiger partial charge in [0.05, 0.1) is 6.54 Å². The Bertz CT molecular complexity index is 227. The van der Waals surface area contributed by atoms with E-state index in [9.17, 15) is 4.79 Å². The number of rotatable bonds is 6. The highest BCUT2D eigenvalue weighted by Gasteiger charge is 2.22. The molecule has 1 fully saturated rings. The topological polar surface area (TPSA) is 61.6 Å². The summed E-state index contributed by atoms with van der Waals surface area (Å²) in [6, 6.07) is 0.613. The van der Waals surface area contributed by atoms with Gasteiger partial charge in [0.2, 0.25) is 5.91 Å². The predicted octanol–water partition coefficient (Wildman–Crippen LogP) is -0.523. The molecule has 1 heterocycles. The summed E-state index contributed by atoms with van der Waals surface area (Å²) in [4.78, 5) is 16.0. The van der Waals surface area contributed by atoms with Gasteiger partial charge in [0.25, 0.3) is 0 Å². The van der Waals surface area contributed by atoms with Crippen LogP contribution in [0.4, 0.5) is 0 Å². The molecule has 17 heavy (non-hydrogen) atoms. The number of likely N-dealkylation sites (N-methyl/N-ethyl adjacent to an activating group) is 1. The van der Waals surface area contributed by atoms with E-state index in [4.69, 9.17) is 5.73 Å².